The van der Waals surface area contributed by atoms with Crippen LogP contribution in [-0.2, 0) is 13.1 Å². The second-order valence-electron chi connectivity index (χ2n) is 5.64. The molecule has 6 heteroatoms. The highest BCUT2D eigenvalue weighted by atomic mass is 79.9. The highest BCUT2D eigenvalue weighted by Crippen LogP contribution is 2.17. The smallest absolute Gasteiger partial charge is 0.251 e. The summed E-state index contributed by atoms with van der Waals surface area (Å²) in [4.78, 5) is 16.6. The Hall–Kier alpha value is -2.60. The summed E-state index contributed by atoms with van der Waals surface area (Å²) in [6, 6.07) is 13.2. The van der Waals surface area contributed by atoms with Crippen LogP contribution in [0.1, 0.15) is 27.2 Å². The average molecular weight is 400 g/mol. The van der Waals surface area contributed by atoms with Crippen LogP contribution >= 0.6 is 15.9 Å². The summed E-state index contributed by atoms with van der Waals surface area (Å²) in [6.07, 6.45) is 3.35. The van der Waals surface area contributed by atoms with E-state index in [1.54, 1.807) is 24.6 Å². The molecule has 1 amide bonds. The maximum atomic E-state index is 12.3. The predicted molar refractivity (Wildman–Crippen MR) is 100 cm³/mol. The molecule has 0 saturated heterocycles. The molecule has 3 rings (SSSR count). The number of benzene rings is 1. The number of hydrogen-bond donors (Lipinski definition) is 2. The lowest BCUT2D eigenvalue weighted by Crippen LogP contribution is -2.22. The Bertz CT molecular complexity index is 863. The zero-order valence-electron chi connectivity index (χ0n) is 13.8. The molecule has 0 aliphatic heterocycles. The molecule has 0 atom stereocenters. The van der Waals surface area contributed by atoms with Crippen molar-refractivity contribution in [3.05, 3.63) is 81.8 Å². The van der Waals surface area contributed by atoms with E-state index in [9.17, 15) is 4.79 Å². The van der Waals surface area contributed by atoms with Crippen molar-refractivity contribution >= 4 is 27.7 Å². The lowest BCUT2D eigenvalue weighted by atomic mass is 10.1. The molecule has 2 heterocycles. The van der Waals surface area contributed by atoms with Gasteiger partial charge in [0, 0.05) is 22.8 Å². The van der Waals surface area contributed by atoms with Gasteiger partial charge in [-0.3, -0.25) is 4.79 Å². The number of nitrogens with zero attached hydrogens (tertiary/aromatic N) is 1. The van der Waals surface area contributed by atoms with E-state index < -0.39 is 0 Å². The van der Waals surface area contributed by atoms with Crippen LogP contribution in [0.5, 0.6) is 0 Å². The minimum Gasteiger partial charge on any atom is -0.467 e. The molecule has 0 radical (unpaired) electrons. The zero-order chi connectivity index (χ0) is 17.6. The van der Waals surface area contributed by atoms with E-state index in [0.29, 0.717) is 18.7 Å². The molecule has 0 unspecified atom stereocenters. The van der Waals surface area contributed by atoms with E-state index in [4.69, 9.17) is 4.42 Å². The van der Waals surface area contributed by atoms with Gasteiger partial charge in [-0.15, -0.1) is 0 Å². The third kappa shape index (κ3) is 4.70. The molecule has 25 heavy (non-hydrogen) atoms. The second-order valence-corrected chi connectivity index (χ2v) is 6.55. The lowest BCUT2D eigenvalue weighted by molar-refractivity contribution is 0.0948. The molecule has 0 fully saturated rings. The molecule has 0 aliphatic carbocycles. The van der Waals surface area contributed by atoms with Crippen LogP contribution in [0.25, 0.3) is 0 Å². The first-order valence-electron chi connectivity index (χ1n) is 7.87. The van der Waals surface area contributed by atoms with Gasteiger partial charge in [0.25, 0.3) is 5.91 Å². The van der Waals surface area contributed by atoms with Crippen LogP contribution < -0.4 is 10.6 Å². The van der Waals surface area contributed by atoms with Crippen LogP contribution in [0.3, 0.4) is 0 Å². The third-order valence-corrected chi connectivity index (χ3v) is 4.13. The van der Waals surface area contributed by atoms with E-state index in [2.05, 4.69) is 31.5 Å². The first-order valence-corrected chi connectivity index (χ1v) is 8.66. The van der Waals surface area contributed by atoms with E-state index >= 15 is 0 Å². The number of aryl methyl sites for hydroxylation is 1. The van der Waals surface area contributed by atoms with Crippen molar-refractivity contribution < 1.29 is 9.21 Å². The van der Waals surface area contributed by atoms with Gasteiger partial charge in [0.05, 0.1) is 12.8 Å². The van der Waals surface area contributed by atoms with Crippen LogP contribution in [-0.4, -0.2) is 10.9 Å². The van der Waals surface area contributed by atoms with Crippen molar-refractivity contribution in [2.45, 2.75) is 20.0 Å². The molecule has 0 saturated carbocycles. The van der Waals surface area contributed by atoms with Crippen molar-refractivity contribution in [1.82, 2.24) is 10.3 Å². The summed E-state index contributed by atoms with van der Waals surface area (Å²) in [5.41, 5.74) is 2.68. The average Bonchev–Trinajstić information content (AvgIpc) is 3.13. The molecule has 0 spiro atoms. The van der Waals surface area contributed by atoms with Crippen LogP contribution in [0.4, 0.5) is 5.82 Å². The molecular weight excluding hydrogens is 382 g/mol. The van der Waals surface area contributed by atoms with Gasteiger partial charge >= 0.3 is 0 Å². The van der Waals surface area contributed by atoms with E-state index in [-0.39, 0.29) is 5.91 Å². The zero-order valence-corrected chi connectivity index (χ0v) is 15.3. The van der Waals surface area contributed by atoms with Crippen LogP contribution in [0, 0.1) is 6.92 Å². The molecular formula is C19H18BrN3O2. The number of halogens is 1. The number of amides is 1. The van der Waals surface area contributed by atoms with Crippen LogP contribution in [0.15, 0.2) is 63.8 Å². The van der Waals surface area contributed by atoms with Gasteiger partial charge in [0.15, 0.2) is 0 Å². The van der Waals surface area contributed by atoms with Gasteiger partial charge in [0.2, 0.25) is 0 Å². The number of pyridine rings is 1. The van der Waals surface area contributed by atoms with Gasteiger partial charge in [0.1, 0.15) is 11.6 Å². The number of carbonyl (C=O) groups is 1. The van der Waals surface area contributed by atoms with Crippen LogP contribution in [0.2, 0.25) is 0 Å². The van der Waals surface area contributed by atoms with E-state index in [0.717, 1.165) is 27.2 Å². The number of anilines is 1. The van der Waals surface area contributed by atoms with Crippen molar-refractivity contribution in [2.75, 3.05) is 5.32 Å². The molecule has 3 aromatic rings. The maximum absolute atomic E-state index is 12.3. The molecule has 5 nitrogen and oxygen atoms in total. The van der Waals surface area contributed by atoms with Gasteiger partial charge in [-0.25, -0.2) is 4.98 Å². The van der Waals surface area contributed by atoms with Gasteiger partial charge in [-0.1, -0.05) is 12.1 Å². The fraction of sp³-hybridized carbons (Fsp3) is 0.158. The SMILES string of the molecule is Cc1cc(Br)cnc1NCc1cccc(C(=O)NCc2ccco2)c1. The topological polar surface area (TPSA) is 67.2 Å². The normalized spacial score (nSPS) is 10.5. The Morgan fingerprint density at radius 2 is 2.08 bits per heavy atom. The second kappa shape index (κ2) is 7.98. The molecule has 0 aliphatic rings. The Kier molecular flexibility index (Phi) is 5.50. The summed E-state index contributed by atoms with van der Waals surface area (Å²) in [5.74, 6) is 1.43. The quantitative estimate of drug-likeness (QED) is 0.648. The summed E-state index contributed by atoms with van der Waals surface area (Å²) in [7, 11) is 0. The minimum absolute atomic E-state index is 0.129. The predicted octanol–water partition coefficient (Wildman–Crippen LogP) is 4.29. The number of furan rings is 1. The number of nitrogens with one attached hydrogen (secondary N) is 2. The highest BCUT2D eigenvalue weighted by molar-refractivity contribution is 9.10. The Labute approximate surface area is 154 Å². The van der Waals surface area contributed by atoms with Crippen molar-refractivity contribution in [3.63, 3.8) is 0 Å². The molecule has 0 bridgehead atoms. The Balaban J connectivity index is 1.61. The summed E-state index contributed by atoms with van der Waals surface area (Å²) < 4.78 is 6.17. The minimum atomic E-state index is -0.129. The summed E-state index contributed by atoms with van der Waals surface area (Å²) in [5, 5.41) is 6.15. The first-order chi connectivity index (χ1) is 12.1. The molecule has 2 aromatic heterocycles. The van der Waals surface area contributed by atoms with Crippen molar-refractivity contribution in [2.24, 2.45) is 0 Å². The maximum Gasteiger partial charge on any atom is 0.251 e. The number of carbonyl (C=O) groups excluding carboxylic acids is 1. The Morgan fingerprint density at radius 3 is 2.84 bits per heavy atom. The number of rotatable bonds is 6. The van der Waals surface area contributed by atoms with E-state index in [1.165, 1.54) is 0 Å². The fourth-order valence-corrected chi connectivity index (χ4v) is 2.86. The van der Waals surface area contributed by atoms with E-state index in [1.807, 2.05) is 37.3 Å². The summed E-state index contributed by atoms with van der Waals surface area (Å²) in [6.45, 7) is 2.96. The monoisotopic (exact) mass is 399 g/mol. The number of hydrogen-bond acceptors (Lipinski definition) is 4. The van der Waals surface area contributed by atoms with Gasteiger partial charge in [-0.05, 0) is 64.3 Å². The summed E-state index contributed by atoms with van der Waals surface area (Å²) >= 11 is 3.41. The fourth-order valence-electron chi connectivity index (χ4n) is 2.42. The highest BCUT2D eigenvalue weighted by Gasteiger charge is 2.07. The van der Waals surface area contributed by atoms with Crippen molar-refractivity contribution in [1.29, 1.82) is 0 Å². The van der Waals surface area contributed by atoms with Gasteiger partial charge < -0.3 is 15.1 Å². The molecule has 128 valence electrons. The van der Waals surface area contributed by atoms with Gasteiger partial charge in [-0.2, -0.15) is 0 Å². The standard InChI is InChI=1S/C19H18BrN3O2/c1-13-8-16(20)11-22-18(13)21-10-14-4-2-5-15(9-14)19(24)23-12-17-6-3-7-25-17/h2-9,11H,10,12H2,1H3,(H,21,22)(H,23,24). The first kappa shape index (κ1) is 17.2. The molecule has 1 aromatic carbocycles. The largest absolute Gasteiger partial charge is 0.467 e. The molecule has 2 N–H and O–H groups in total. The Morgan fingerprint density at radius 1 is 1.20 bits per heavy atom. The third-order valence-electron chi connectivity index (χ3n) is 3.70. The number of aromatic nitrogens is 1. The lowest BCUT2D eigenvalue weighted by Gasteiger charge is -2.10. The van der Waals surface area contributed by atoms with Crippen molar-refractivity contribution in [3.8, 4) is 0 Å².